The van der Waals surface area contributed by atoms with Crippen LogP contribution in [0, 0.1) is 34.0 Å². The number of fused-ring (bicyclic) bond motifs is 6. The number of rotatable bonds is 4. The van der Waals surface area contributed by atoms with Crippen molar-refractivity contribution >= 4 is 43.6 Å². The van der Waals surface area contributed by atoms with Gasteiger partial charge in [-0.15, -0.1) is 0 Å². The second kappa shape index (κ2) is 11.4. The quantitative estimate of drug-likeness (QED) is 0.193. The molecule has 0 aliphatic rings. The van der Waals surface area contributed by atoms with Gasteiger partial charge in [0.1, 0.15) is 6.07 Å². The zero-order valence-electron chi connectivity index (χ0n) is 26.7. The lowest BCUT2D eigenvalue weighted by Crippen LogP contribution is -2.00. The molecule has 0 spiro atoms. The van der Waals surface area contributed by atoms with Gasteiger partial charge < -0.3 is 9.13 Å². The van der Waals surface area contributed by atoms with E-state index in [1.807, 2.05) is 66.7 Å². The van der Waals surface area contributed by atoms with Crippen LogP contribution >= 0.6 is 0 Å². The molecule has 0 amide bonds. The van der Waals surface area contributed by atoms with Crippen molar-refractivity contribution in [2.45, 2.75) is 0 Å². The first-order valence-electron chi connectivity index (χ1n) is 16.3. The average molecular weight is 636 g/mol. The van der Waals surface area contributed by atoms with Crippen molar-refractivity contribution in [3.05, 3.63) is 168 Å². The highest BCUT2D eigenvalue weighted by Gasteiger charge is 2.20. The van der Waals surface area contributed by atoms with Crippen molar-refractivity contribution in [1.82, 2.24) is 9.13 Å². The maximum Gasteiger partial charge on any atom is 0.100 e. The van der Waals surface area contributed by atoms with Gasteiger partial charge in [-0.2, -0.15) is 15.8 Å². The molecule has 0 saturated heterocycles. The maximum absolute atomic E-state index is 10.8. The molecule has 50 heavy (non-hydrogen) atoms. The van der Waals surface area contributed by atoms with Crippen molar-refractivity contribution in [3.8, 4) is 51.8 Å². The van der Waals surface area contributed by atoms with Gasteiger partial charge in [-0.3, -0.25) is 0 Å². The summed E-state index contributed by atoms with van der Waals surface area (Å²) in [5, 5.41) is 34.4. The van der Waals surface area contributed by atoms with Gasteiger partial charge in [-0.25, -0.2) is 0 Å². The largest absolute Gasteiger partial charge is 0.309 e. The van der Waals surface area contributed by atoms with Crippen LogP contribution in [-0.4, -0.2) is 9.13 Å². The fourth-order valence-corrected chi connectivity index (χ4v) is 7.40. The molecule has 2 heterocycles. The highest BCUT2D eigenvalue weighted by molar-refractivity contribution is 6.11. The van der Waals surface area contributed by atoms with E-state index < -0.39 is 0 Å². The van der Waals surface area contributed by atoms with Crippen molar-refractivity contribution in [2.75, 3.05) is 0 Å². The van der Waals surface area contributed by atoms with Gasteiger partial charge in [-0.1, -0.05) is 78.9 Å². The van der Waals surface area contributed by atoms with Crippen LogP contribution < -0.4 is 0 Å². The molecule has 5 nitrogen and oxygen atoms in total. The number of nitriles is 3. The molecular weight excluding hydrogens is 611 g/mol. The molecule has 9 rings (SSSR count). The smallest absolute Gasteiger partial charge is 0.100 e. The Balaban J connectivity index is 1.35. The molecule has 0 unspecified atom stereocenters. The van der Waals surface area contributed by atoms with Gasteiger partial charge in [0.25, 0.3) is 0 Å². The summed E-state index contributed by atoms with van der Waals surface area (Å²) in [6, 6.07) is 57.9. The molecule has 0 aliphatic carbocycles. The predicted molar refractivity (Wildman–Crippen MR) is 200 cm³/mol. The van der Waals surface area contributed by atoms with Crippen molar-refractivity contribution in [2.24, 2.45) is 0 Å². The summed E-state index contributed by atoms with van der Waals surface area (Å²) in [4.78, 5) is 0. The molecule has 230 valence electrons. The molecule has 7 aromatic carbocycles. The normalized spacial score (nSPS) is 11.1. The van der Waals surface area contributed by atoms with Gasteiger partial charge >= 0.3 is 0 Å². The third-order valence-electron chi connectivity index (χ3n) is 9.60. The zero-order valence-corrected chi connectivity index (χ0v) is 26.7. The maximum atomic E-state index is 10.8. The SMILES string of the molecule is N#Cc1ccc2c(c1)c1cc(C#N)ccc1n2-c1cc(-c2ccccc2)c(C#N)c(-c2cccc(-n3c4ccccc4c4ccccc43)c2)c1. The lowest BCUT2D eigenvalue weighted by Gasteiger charge is -2.17. The summed E-state index contributed by atoms with van der Waals surface area (Å²) in [5.74, 6) is 0. The summed E-state index contributed by atoms with van der Waals surface area (Å²) in [5.41, 5.74) is 11.1. The van der Waals surface area contributed by atoms with Crippen LogP contribution in [-0.2, 0) is 0 Å². The molecule has 0 aliphatic heterocycles. The van der Waals surface area contributed by atoms with Crippen molar-refractivity contribution in [1.29, 1.82) is 15.8 Å². The van der Waals surface area contributed by atoms with E-state index >= 15 is 0 Å². The summed E-state index contributed by atoms with van der Waals surface area (Å²) >= 11 is 0. The third-order valence-corrected chi connectivity index (χ3v) is 9.60. The Bertz CT molecular complexity index is 2830. The standard InChI is InChI=1S/C45H25N5/c46-26-29-17-19-44-39(21-29)40-22-30(27-47)18-20-45(40)50(44)34-24-37(31-9-2-1-3-10-31)41(28-48)38(25-34)32-11-8-12-33(23-32)49-42-15-6-4-13-35(42)36-14-5-7-16-43(36)49/h1-25H. The minimum atomic E-state index is 0.547. The van der Waals surface area contributed by atoms with Gasteiger partial charge in [0, 0.05) is 44.0 Å². The first-order valence-corrected chi connectivity index (χ1v) is 16.3. The lowest BCUT2D eigenvalue weighted by molar-refractivity contribution is 1.17. The molecule has 0 radical (unpaired) electrons. The summed E-state index contributed by atoms with van der Waals surface area (Å²) < 4.78 is 4.45. The predicted octanol–water partition coefficient (Wildman–Crippen LogP) is 10.8. The van der Waals surface area contributed by atoms with Crippen LogP contribution in [0.25, 0.3) is 77.2 Å². The monoisotopic (exact) mass is 635 g/mol. The Kier molecular flexibility index (Phi) is 6.56. The number of para-hydroxylation sites is 2. The van der Waals surface area contributed by atoms with E-state index in [9.17, 15) is 15.8 Å². The lowest BCUT2D eigenvalue weighted by atomic mass is 9.91. The summed E-state index contributed by atoms with van der Waals surface area (Å²) in [6.45, 7) is 0. The van der Waals surface area contributed by atoms with Gasteiger partial charge in [-0.05, 0) is 83.9 Å². The minimum Gasteiger partial charge on any atom is -0.309 e. The molecule has 9 aromatic rings. The molecule has 0 N–H and O–H groups in total. The number of hydrogen-bond acceptors (Lipinski definition) is 3. The number of benzene rings is 7. The molecule has 0 saturated carbocycles. The topological polar surface area (TPSA) is 81.2 Å². The molecule has 0 atom stereocenters. The Morgan fingerprint density at radius 1 is 0.360 bits per heavy atom. The van der Waals surface area contributed by atoms with Crippen LogP contribution in [0.15, 0.2) is 152 Å². The molecule has 0 bridgehead atoms. The second-order valence-corrected chi connectivity index (χ2v) is 12.3. The van der Waals surface area contributed by atoms with Crippen molar-refractivity contribution < 1.29 is 0 Å². The Morgan fingerprint density at radius 2 is 0.860 bits per heavy atom. The van der Waals surface area contributed by atoms with Crippen LogP contribution in [0.5, 0.6) is 0 Å². The highest BCUT2D eigenvalue weighted by Crippen LogP contribution is 2.40. The van der Waals surface area contributed by atoms with E-state index in [2.05, 4.69) is 112 Å². The van der Waals surface area contributed by atoms with Crippen LogP contribution in [0.2, 0.25) is 0 Å². The van der Waals surface area contributed by atoms with Crippen molar-refractivity contribution in [3.63, 3.8) is 0 Å². The van der Waals surface area contributed by atoms with Gasteiger partial charge in [0.2, 0.25) is 0 Å². The number of aromatic nitrogens is 2. The average Bonchev–Trinajstić information content (AvgIpc) is 3.70. The van der Waals surface area contributed by atoms with E-state index in [4.69, 9.17) is 0 Å². The van der Waals surface area contributed by atoms with E-state index in [0.717, 1.165) is 66.5 Å². The second-order valence-electron chi connectivity index (χ2n) is 12.3. The highest BCUT2D eigenvalue weighted by atomic mass is 15.0. The summed E-state index contributed by atoms with van der Waals surface area (Å²) in [7, 11) is 0. The zero-order chi connectivity index (χ0) is 33.8. The molecule has 2 aromatic heterocycles. The van der Waals surface area contributed by atoms with E-state index in [0.29, 0.717) is 16.7 Å². The Morgan fingerprint density at radius 3 is 1.44 bits per heavy atom. The summed E-state index contributed by atoms with van der Waals surface area (Å²) in [6.07, 6.45) is 0. The fraction of sp³-hybridized carbons (Fsp3) is 0. The molecular formula is C45H25N5. The Labute approximate surface area is 287 Å². The van der Waals surface area contributed by atoms with Crippen LogP contribution in [0.1, 0.15) is 16.7 Å². The van der Waals surface area contributed by atoms with E-state index in [1.165, 1.54) is 10.8 Å². The van der Waals surface area contributed by atoms with Crippen LogP contribution in [0.4, 0.5) is 0 Å². The Hall–Kier alpha value is -7.39. The molecule has 0 fully saturated rings. The first-order chi connectivity index (χ1) is 24.7. The first kappa shape index (κ1) is 28.8. The molecule has 5 heteroatoms. The van der Waals surface area contributed by atoms with E-state index in [1.54, 1.807) is 0 Å². The van der Waals surface area contributed by atoms with E-state index in [-0.39, 0.29) is 0 Å². The fourth-order valence-electron chi connectivity index (χ4n) is 7.40. The third kappa shape index (κ3) is 4.38. The number of nitrogens with zero attached hydrogens (tertiary/aromatic N) is 5. The van der Waals surface area contributed by atoms with Gasteiger partial charge in [0.15, 0.2) is 0 Å². The minimum absolute atomic E-state index is 0.547. The van der Waals surface area contributed by atoms with Crippen LogP contribution in [0.3, 0.4) is 0 Å². The van der Waals surface area contributed by atoms with Gasteiger partial charge in [0.05, 0.1) is 50.9 Å². The number of hydrogen-bond donors (Lipinski definition) is 0.